The highest BCUT2D eigenvalue weighted by Gasteiger charge is 2.03. The van der Waals surface area contributed by atoms with E-state index in [1.165, 1.54) is 0 Å². The van der Waals surface area contributed by atoms with Crippen LogP contribution in [-0.4, -0.2) is 32.1 Å². The van der Waals surface area contributed by atoms with Gasteiger partial charge in [0, 0.05) is 13.1 Å². The van der Waals surface area contributed by atoms with Crippen LogP contribution in [-0.2, 0) is 4.79 Å². The van der Waals surface area contributed by atoms with Gasteiger partial charge in [0.15, 0.2) is 0 Å². The minimum atomic E-state index is 0.0307. The molecule has 106 valence electrons. The Kier molecular flexibility index (Phi) is 6.97. The van der Waals surface area contributed by atoms with Gasteiger partial charge in [0.2, 0.25) is 5.91 Å². The molecule has 19 heavy (non-hydrogen) atoms. The summed E-state index contributed by atoms with van der Waals surface area (Å²) in [5.41, 5.74) is 2.26. The number of aryl methyl sites for hydroxylation is 2. The van der Waals surface area contributed by atoms with Gasteiger partial charge in [-0.3, -0.25) is 4.79 Å². The largest absolute Gasteiger partial charge is 0.493 e. The minimum Gasteiger partial charge on any atom is -0.493 e. The Hall–Kier alpha value is -1.55. The molecule has 0 fully saturated rings. The Bertz CT molecular complexity index is 405. The Morgan fingerprint density at radius 3 is 2.79 bits per heavy atom. The van der Waals surface area contributed by atoms with E-state index in [-0.39, 0.29) is 5.91 Å². The summed E-state index contributed by atoms with van der Waals surface area (Å²) in [5, 5.41) is 6.00. The van der Waals surface area contributed by atoms with Crippen molar-refractivity contribution in [3.05, 3.63) is 29.3 Å². The van der Waals surface area contributed by atoms with Crippen molar-refractivity contribution >= 4 is 5.91 Å². The molecule has 0 aliphatic rings. The predicted molar refractivity (Wildman–Crippen MR) is 77.6 cm³/mol. The summed E-state index contributed by atoms with van der Waals surface area (Å²) in [5.74, 6) is 0.892. The van der Waals surface area contributed by atoms with Gasteiger partial charge in [0.05, 0.1) is 13.0 Å². The lowest BCUT2D eigenvalue weighted by molar-refractivity contribution is -0.121. The molecule has 0 bridgehead atoms. The van der Waals surface area contributed by atoms with Crippen LogP contribution in [0.1, 0.15) is 24.5 Å². The summed E-state index contributed by atoms with van der Waals surface area (Å²) >= 11 is 0. The molecule has 4 heteroatoms. The van der Waals surface area contributed by atoms with Crippen molar-refractivity contribution in [2.45, 2.75) is 27.2 Å². The average Bonchev–Trinajstić information content (AvgIpc) is 2.39. The van der Waals surface area contributed by atoms with E-state index < -0.39 is 0 Å². The quantitative estimate of drug-likeness (QED) is 0.704. The maximum atomic E-state index is 11.5. The van der Waals surface area contributed by atoms with Gasteiger partial charge in [-0.05, 0) is 37.6 Å². The van der Waals surface area contributed by atoms with E-state index in [9.17, 15) is 4.79 Å². The molecule has 4 nitrogen and oxygen atoms in total. The zero-order valence-corrected chi connectivity index (χ0v) is 12.1. The van der Waals surface area contributed by atoms with Crippen LogP contribution in [0, 0.1) is 13.8 Å². The van der Waals surface area contributed by atoms with E-state index in [1.807, 2.05) is 32.9 Å². The van der Waals surface area contributed by atoms with Crippen molar-refractivity contribution in [3.63, 3.8) is 0 Å². The molecule has 0 spiro atoms. The standard InChI is InChI=1S/C15H24N2O2/c1-4-16-8-9-17-15(18)7-10-19-14-11-12(2)5-6-13(14)3/h5-6,11,16H,4,7-10H2,1-3H3,(H,17,18). The number of hydrogen-bond acceptors (Lipinski definition) is 3. The lowest BCUT2D eigenvalue weighted by Gasteiger charge is -2.10. The highest BCUT2D eigenvalue weighted by Crippen LogP contribution is 2.18. The number of carbonyl (C=O) groups is 1. The number of nitrogens with one attached hydrogen (secondary N) is 2. The second-order valence-corrected chi connectivity index (χ2v) is 4.57. The third kappa shape index (κ3) is 6.25. The third-order valence-electron chi connectivity index (χ3n) is 2.80. The van der Waals surface area contributed by atoms with Gasteiger partial charge in [0.25, 0.3) is 0 Å². The van der Waals surface area contributed by atoms with Gasteiger partial charge >= 0.3 is 0 Å². The van der Waals surface area contributed by atoms with Gasteiger partial charge in [-0.1, -0.05) is 19.1 Å². The van der Waals surface area contributed by atoms with Crippen LogP contribution >= 0.6 is 0 Å². The van der Waals surface area contributed by atoms with Gasteiger partial charge in [-0.2, -0.15) is 0 Å². The SMILES string of the molecule is CCNCCNC(=O)CCOc1cc(C)ccc1C. The summed E-state index contributed by atoms with van der Waals surface area (Å²) < 4.78 is 5.64. The average molecular weight is 264 g/mol. The van der Waals surface area contributed by atoms with Gasteiger partial charge in [0.1, 0.15) is 5.75 Å². The molecule has 1 aromatic carbocycles. The monoisotopic (exact) mass is 264 g/mol. The van der Waals surface area contributed by atoms with Gasteiger partial charge in [-0.25, -0.2) is 0 Å². The first-order chi connectivity index (χ1) is 9.13. The van der Waals surface area contributed by atoms with Gasteiger partial charge < -0.3 is 15.4 Å². The van der Waals surface area contributed by atoms with Gasteiger partial charge in [-0.15, -0.1) is 0 Å². The third-order valence-corrected chi connectivity index (χ3v) is 2.80. The molecule has 0 saturated heterocycles. The molecule has 1 rings (SSSR count). The number of carbonyl (C=O) groups excluding carboxylic acids is 1. The smallest absolute Gasteiger partial charge is 0.223 e. The molecule has 0 heterocycles. The van der Waals surface area contributed by atoms with Crippen molar-refractivity contribution in [2.75, 3.05) is 26.2 Å². The van der Waals surface area contributed by atoms with Crippen LogP contribution < -0.4 is 15.4 Å². The zero-order valence-electron chi connectivity index (χ0n) is 12.1. The maximum absolute atomic E-state index is 11.5. The number of benzene rings is 1. The second kappa shape index (κ2) is 8.53. The topological polar surface area (TPSA) is 50.4 Å². The van der Waals surface area contributed by atoms with E-state index in [0.29, 0.717) is 19.6 Å². The molecule has 0 aliphatic carbocycles. The van der Waals surface area contributed by atoms with E-state index in [4.69, 9.17) is 4.74 Å². The number of hydrogen-bond donors (Lipinski definition) is 2. The molecular weight excluding hydrogens is 240 g/mol. The molecule has 1 amide bonds. The molecule has 0 saturated carbocycles. The first-order valence-electron chi connectivity index (χ1n) is 6.81. The first kappa shape index (κ1) is 15.5. The molecule has 0 aromatic heterocycles. The van der Waals surface area contributed by atoms with Crippen molar-refractivity contribution in [2.24, 2.45) is 0 Å². The summed E-state index contributed by atoms with van der Waals surface area (Å²) in [6.07, 6.45) is 0.388. The Balaban J connectivity index is 2.22. The summed E-state index contributed by atoms with van der Waals surface area (Å²) in [4.78, 5) is 11.5. The van der Waals surface area contributed by atoms with Crippen LogP contribution in [0.15, 0.2) is 18.2 Å². The van der Waals surface area contributed by atoms with E-state index in [2.05, 4.69) is 16.7 Å². The lowest BCUT2D eigenvalue weighted by Crippen LogP contribution is -2.32. The molecule has 0 unspecified atom stereocenters. The first-order valence-corrected chi connectivity index (χ1v) is 6.81. The van der Waals surface area contributed by atoms with Crippen molar-refractivity contribution in [1.82, 2.24) is 10.6 Å². The lowest BCUT2D eigenvalue weighted by atomic mass is 10.1. The van der Waals surface area contributed by atoms with Crippen LogP contribution in [0.5, 0.6) is 5.75 Å². The molecule has 1 aromatic rings. The summed E-state index contributed by atoms with van der Waals surface area (Å²) in [7, 11) is 0. The minimum absolute atomic E-state index is 0.0307. The highest BCUT2D eigenvalue weighted by atomic mass is 16.5. The maximum Gasteiger partial charge on any atom is 0.223 e. The van der Waals surface area contributed by atoms with Crippen LogP contribution in [0.2, 0.25) is 0 Å². The Morgan fingerprint density at radius 1 is 1.26 bits per heavy atom. The van der Waals surface area contributed by atoms with Crippen molar-refractivity contribution in [3.8, 4) is 5.75 Å². The van der Waals surface area contributed by atoms with E-state index >= 15 is 0 Å². The molecule has 0 atom stereocenters. The predicted octanol–water partition coefficient (Wildman–Crippen LogP) is 1.80. The second-order valence-electron chi connectivity index (χ2n) is 4.57. The van der Waals surface area contributed by atoms with E-state index in [1.54, 1.807) is 0 Å². The number of amides is 1. The number of rotatable bonds is 8. The van der Waals surface area contributed by atoms with Crippen LogP contribution in [0.3, 0.4) is 0 Å². The van der Waals surface area contributed by atoms with Crippen LogP contribution in [0.4, 0.5) is 0 Å². The number of likely N-dealkylation sites (N-methyl/N-ethyl adjacent to an activating group) is 1. The zero-order chi connectivity index (χ0) is 14.1. The Morgan fingerprint density at radius 2 is 2.05 bits per heavy atom. The number of ether oxygens (including phenoxy) is 1. The fraction of sp³-hybridized carbons (Fsp3) is 0.533. The Labute approximate surface area is 115 Å². The molecule has 2 N–H and O–H groups in total. The van der Waals surface area contributed by atoms with E-state index in [0.717, 1.165) is 30.0 Å². The fourth-order valence-corrected chi connectivity index (χ4v) is 1.67. The van der Waals surface area contributed by atoms with Crippen LogP contribution in [0.25, 0.3) is 0 Å². The van der Waals surface area contributed by atoms with Crippen molar-refractivity contribution < 1.29 is 9.53 Å². The molecule has 0 aliphatic heterocycles. The summed E-state index contributed by atoms with van der Waals surface area (Å²) in [6, 6.07) is 6.08. The highest BCUT2D eigenvalue weighted by molar-refractivity contribution is 5.75. The molecule has 0 radical (unpaired) electrons. The fourth-order valence-electron chi connectivity index (χ4n) is 1.67. The molecular formula is C15H24N2O2. The summed E-state index contributed by atoms with van der Waals surface area (Å²) in [6.45, 7) is 8.88. The van der Waals surface area contributed by atoms with Crippen molar-refractivity contribution in [1.29, 1.82) is 0 Å². The normalized spacial score (nSPS) is 10.3.